The van der Waals surface area contributed by atoms with E-state index in [4.69, 9.17) is 6.42 Å². The first-order valence-electron chi connectivity index (χ1n) is 8.36. The van der Waals surface area contributed by atoms with E-state index in [0.29, 0.717) is 40.2 Å². The molecular formula is C21H18N2O3. The molecule has 0 radical (unpaired) electrons. The molecule has 0 saturated heterocycles. The van der Waals surface area contributed by atoms with Crippen LogP contribution in [0, 0.1) is 12.3 Å². The van der Waals surface area contributed by atoms with Crippen LogP contribution in [-0.4, -0.2) is 28.0 Å². The Bertz CT molecular complexity index is 967. The number of carbonyl (C=O) groups is 2. The molecule has 1 atom stereocenters. The lowest BCUT2D eigenvalue weighted by molar-refractivity contribution is -0.139. The van der Waals surface area contributed by atoms with Gasteiger partial charge in [-0.1, -0.05) is 36.4 Å². The fourth-order valence-corrected chi connectivity index (χ4v) is 2.98. The van der Waals surface area contributed by atoms with Crippen molar-refractivity contribution in [1.29, 1.82) is 0 Å². The van der Waals surface area contributed by atoms with Gasteiger partial charge in [-0.3, -0.25) is 4.79 Å². The van der Waals surface area contributed by atoms with Gasteiger partial charge in [0.2, 0.25) is 0 Å². The number of nitrogens with one attached hydrogen (secondary N) is 1. The molecule has 0 bridgehead atoms. The number of nitrogens with zero attached hydrogens (tertiary/aromatic N) is 1. The van der Waals surface area contributed by atoms with Crippen LogP contribution in [0.3, 0.4) is 0 Å². The van der Waals surface area contributed by atoms with E-state index < -0.39 is 17.9 Å². The number of fused-ring (bicyclic) bond motifs is 2. The molecule has 130 valence electrons. The lowest BCUT2D eigenvalue weighted by atomic mass is 10.0. The van der Waals surface area contributed by atoms with Crippen LogP contribution in [-0.2, 0) is 4.79 Å². The van der Waals surface area contributed by atoms with E-state index in [1.165, 1.54) is 0 Å². The molecule has 0 spiro atoms. The largest absolute Gasteiger partial charge is 0.480 e. The van der Waals surface area contributed by atoms with Gasteiger partial charge in [0.1, 0.15) is 6.04 Å². The van der Waals surface area contributed by atoms with E-state index in [2.05, 4.69) is 16.2 Å². The van der Waals surface area contributed by atoms with Crippen molar-refractivity contribution in [3.8, 4) is 12.3 Å². The van der Waals surface area contributed by atoms with Crippen LogP contribution in [0.15, 0.2) is 48.5 Å². The number of carboxylic acids is 1. The molecule has 26 heavy (non-hydrogen) atoms. The van der Waals surface area contributed by atoms with Crippen molar-refractivity contribution in [2.75, 3.05) is 0 Å². The Morgan fingerprint density at radius 1 is 1.08 bits per heavy atom. The predicted octanol–water partition coefficient (Wildman–Crippen LogP) is 3.37. The molecule has 0 unspecified atom stereocenters. The zero-order chi connectivity index (χ0) is 18.5. The monoisotopic (exact) mass is 346 g/mol. The van der Waals surface area contributed by atoms with E-state index in [1.807, 2.05) is 48.5 Å². The van der Waals surface area contributed by atoms with E-state index in [-0.39, 0.29) is 6.42 Å². The summed E-state index contributed by atoms with van der Waals surface area (Å²) < 4.78 is 0. The molecule has 0 aliphatic rings. The lowest BCUT2D eigenvalue weighted by Crippen LogP contribution is -2.40. The summed E-state index contributed by atoms with van der Waals surface area (Å²) in [7, 11) is 0. The van der Waals surface area contributed by atoms with Crippen molar-refractivity contribution in [3.05, 3.63) is 54.1 Å². The zero-order valence-corrected chi connectivity index (χ0v) is 14.1. The lowest BCUT2D eigenvalue weighted by Gasteiger charge is -2.16. The van der Waals surface area contributed by atoms with Crippen LogP contribution < -0.4 is 5.32 Å². The number of amides is 1. The number of unbranched alkanes of at least 4 members (excludes halogenated alkanes) is 1. The van der Waals surface area contributed by atoms with Crippen molar-refractivity contribution in [2.45, 2.75) is 25.3 Å². The molecule has 5 nitrogen and oxygen atoms in total. The van der Waals surface area contributed by atoms with E-state index in [0.717, 1.165) is 0 Å². The van der Waals surface area contributed by atoms with Crippen LogP contribution in [0.5, 0.6) is 0 Å². The van der Waals surface area contributed by atoms with Gasteiger partial charge in [0.25, 0.3) is 5.91 Å². The summed E-state index contributed by atoms with van der Waals surface area (Å²) in [5, 5.41) is 13.4. The summed E-state index contributed by atoms with van der Waals surface area (Å²) in [4.78, 5) is 29.1. The molecule has 1 amide bonds. The molecule has 2 aromatic carbocycles. The molecule has 5 heteroatoms. The molecular weight excluding hydrogens is 328 g/mol. The first-order chi connectivity index (χ1) is 12.6. The number of rotatable bonds is 6. The Balaban J connectivity index is 2.03. The first-order valence-corrected chi connectivity index (χ1v) is 8.36. The minimum atomic E-state index is -1.07. The van der Waals surface area contributed by atoms with Gasteiger partial charge in [-0.15, -0.1) is 12.3 Å². The quantitative estimate of drug-likeness (QED) is 0.407. The van der Waals surface area contributed by atoms with Crippen molar-refractivity contribution < 1.29 is 14.7 Å². The van der Waals surface area contributed by atoms with E-state index >= 15 is 0 Å². The highest BCUT2D eigenvalue weighted by molar-refractivity contribution is 6.16. The molecule has 0 saturated carbocycles. The van der Waals surface area contributed by atoms with Crippen molar-refractivity contribution in [3.63, 3.8) is 0 Å². The van der Waals surface area contributed by atoms with E-state index in [9.17, 15) is 14.7 Å². The topological polar surface area (TPSA) is 79.3 Å². The molecule has 0 fully saturated rings. The summed E-state index contributed by atoms with van der Waals surface area (Å²) in [5.41, 5.74) is 1.82. The highest BCUT2D eigenvalue weighted by atomic mass is 16.4. The predicted molar refractivity (Wildman–Crippen MR) is 101 cm³/mol. The number of terminal acetylenes is 1. The second-order valence-electron chi connectivity index (χ2n) is 5.98. The maximum atomic E-state index is 13.0. The summed E-state index contributed by atoms with van der Waals surface area (Å²) in [5.74, 6) is 0.987. The molecule has 1 aromatic heterocycles. The van der Waals surface area contributed by atoms with Crippen LogP contribution in [0.1, 0.15) is 29.6 Å². The molecule has 0 aliphatic carbocycles. The van der Waals surface area contributed by atoms with Crippen molar-refractivity contribution >= 4 is 33.7 Å². The Morgan fingerprint density at radius 3 is 2.19 bits per heavy atom. The molecule has 3 aromatic rings. The van der Waals surface area contributed by atoms with Gasteiger partial charge >= 0.3 is 5.97 Å². The number of aliphatic carboxylic acids is 1. The number of carboxylic acid groups (broad SMARTS) is 1. The second kappa shape index (κ2) is 7.66. The van der Waals surface area contributed by atoms with Gasteiger partial charge in [-0.05, 0) is 25.0 Å². The molecule has 2 N–H and O–H groups in total. The fraction of sp³-hybridized carbons (Fsp3) is 0.190. The standard InChI is InChI=1S/C21H18N2O3/c1-2-3-4-13-18(21(25)26)23-20(24)19-14-9-5-7-11-16(14)22-17-12-8-6-10-15(17)19/h1,5-12,18H,3-4,13H2,(H,23,24)(H,25,26)/t18-/m0/s1. The molecule has 3 rings (SSSR count). The summed E-state index contributed by atoms with van der Waals surface area (Å²) >= 11 is 0. The van der Waals surface area contributed by atoms with Crippen LogP contribution in [0.4, 0.5) is 0 Å². The third kappa shape index (κ3) is 3.50. The average molecular weight is 346 g/mol. The highest BCUT2D eigenvalue weighted by Gasteiger charge is 2.23. The van der Waals surface area contributed by atoms with Crippen LogP contribution in [0.2, 0.25) is 0 Å². The summed E-state index contributed by atoms with van der Waals surface area (Å²) in [6, 6.07) is 13.7. The third-order valence-electron chi connectivity index (χ3n) is 4.23. The minimum absolute atomic E-state index is 0.284. The Kier molecular flexibility index (Phi) is 5.14. The molecule has 0 aliphatic heterocycles. The molecule has 1 heterocycles. The van der Waals surface area contributed by atoms with Crippen LogP contribution >= 0.6 is 0 Å². The maximum Gasteiger partial charge on any atom is 0.326 e. The highest BCUT2D eigenvalue weighted by Crippen LogP contribution is 2.26. The third-order valence-corrected chi connectivity index (χ3v) is 4.23. The number of hydrogen-bond donors (Lipinski definition) is 2. The van der Waals surface area contributed by atoms with Gasteiger partial charge in [0, 0.05) is 17.2 Å². The Morgan fingerprint density at radius 2 is 1.65 bits per heavy atom. The van der Waals surface area contributed by atoms with Crippen molar-refractivity contribution in [1.82, 2.24) is 10.3 Å². The number of carbonyl (C=O) groups excluding carboxylic acids is 1. The normalized spacial score (nSPS) is 11.8. The van der Waals surface area contributed by atoms with Gasteiger partial charge in [0.05, 0.1) is 16.6 Å². The van der Waals surface area contributed by atoms with E-state index in [1.54, 1.807) is 0 Å². The summed E-state index contributed by atoms with van der Waals surface area (Å²) in [6.07, 6.45) is 6.51. The number of aromatic nitrogens is 1. The Hall–Kier alpha value is -3.39. The minimum Gasteiger partial charge on any atom is -0.480 e. The van der Waals surface area contributed by atoms with Gasteiger partial charge < -0.3 is 10.4 Å². The average Bonchev–Trinajstić information content (AvgIpc) is 2.65. The maximum absolute atomic E-state index is 13.0. The van der Waals surface area contributed by atoms with Gasteiger partial charge in [-0.25, -0.2) is 9.78 Å². The number of hydrogen-bond acceptors (Lipinski definition) is 3. The zero-order valence-electron chi connectivity index (χ0n) is 14.1. The number of benzene rings is 2. The first kappa shape index (κ1) is 17.4. The van der Waals surface area contributed by atoms with Crippen LogP contribution in [0.25, 0.3) is 21.8 Å². The van der Waals surface area contributed by atoms with Gasteiger partial charge in [0.15, 0.2) is 0 Å². The Labute approximate surface area is 151 Å². The SMILES string of the molecule is C#CCCC[C@H](NC(=O)c1c2ccccc2nc2ccccc12)C(=O)O. The second-order valence-corrected chi connectivity index (χ2v) is 5.98. The smallest absolute Gasteiger partial charge is 0.326 e. The fourth-order valence-electron chi connectivity index (χ4n) is 2.98. The summed E-state index contributed by atoms with van der Waals surface area (Å²) in [6.45, 7) is 0. The van der Waals surface area contributed by atoms with Crippen molar-refractivity contribution in [2.24, 2.45) is 0 Å². The number of para-hydroxylation sites is 2. The van der Waals surface area contributed by atoms with Gasteiger partial charge in [-0.2, -0.15) is 0 Å². The number of pyridine rings is 1.